The molecule has 0 fully saturated rings. The second kappa shape index (κ2) is 3.58. The maximum atomic E-state index is 3.63. The molecule has 1 aliphatic rings. The molecule has 0 aromatic rings. The van der Waals surface area contributed by atoms with Gasteiger partial charge in [0.05, 0.1) is 6.67 Å². The molecule has 53 valence electrons. The molecular formula is C6H10CoN2. The maximum Gasteiger partial charge on any atom is 0.0932 e. The minimum Gasteiger partial charge on any atom is -0.361 e. The van der Waals surface area contributed by atoms with Crippen LogP contribution in [0.2, 0.25) is 0 Å². The van der Waals surface area contributed by atoms with Crippen molar-refractivity contribution in [3.8, 4) is 0 Å². The van der Waals surface area contributed by atoms with E-state index in [2.05, 4.69) is 11.5 Å². The quantitative estimate of drug-likeness (QED) is 0.573. The van der Waals surface area contributed by atoms with Gasteiger partial charge in [0.2, 0.25) is 0 Å². The van der Waals surface area contributed by atoms with Crippen LogP contribution < -0.4 is 0 Å². The first-order valence-electron chi connectivity index (χ1n) is 2.60. The smallest absolute Gasteiger partial charge is 0.0932 e. The van der Waals surface area contributed by atoms with Gasteiger partial charge in [0, 0.05) is 36.2 Å². The van der Waals surface area contributed by atoms with Gasteiger partial charge in [-0.2, -0.15) is 0 Å². The predicted octanol–water partition coefficient (Wildman–Crippen LogP) is 0.803. The van der Waals surface area contributed by atoms with Gasteiger partial charge in [-0.15, -0.1) is 0 Å². The van der Waals surface area contributed by atoms with Crippen LogP contribution in [-0.2, 0) is 16.8 Å². The molecule has 0 atom stereocenters. The summed E-state index contributed by atoms with van der Waals surface area (Å²) in [5.74, 6) is 0. The molecule has 0 N–H and O–H groups in total. The van der Waals surface area contributed by atoms with Crippen molar-refractivity contribution in [2.45, 2.75) is 0 Å². The Bertz CT molecular complexity index is 122. The Morgan fingerprint density at radius 2 is 2.22 bits per heavy atom. The molecule has 0 bridgehead atoms. The van der Waals surface area contributed by atoms with Crippen molar-refractivity contribution in [1.82, 2.24) is 9.80 Å². The molecule has 1 aliphatic heterocycles. The van der Waals surface area contributed by atoms with Crippen LogP contribution in [0.5, 0.6) is 0 Å². The monoisotopic (exact) mass is 169 g/mol. The molecule has 0 spiro atoms. The Labute approximate surface area is 66.0 Å². The van der Waals surface area contributed by atoms with Gasteiger partial charge in [0.15, 0.2) is 0 Å². The molecule has 0 unspecified atom stereocenters. The molecule has 1 radical (unpaired) electrons. The maximum absolute atomic E-state index is 3.63. The van der Waals surface area contributed by atoms with Crippen LogP contribution in [0.15, 0.2) is 25.2 Å². The Hall–Kier alpha value is -0.414. The first-order chi connectivity index (χ1) is 3.83. The summed E-state index contributed by atoms with van der Waals surface area (Å²) in [7, 11) is 2.03. The van der Waals surface area contributed by atoms with E-state index in [0.717, 1.165) is 6.67 Å². The fraction of sp³-hybridized carbons (Fsp3) is 0.333. The molecule has 1 heterocycles. The van der Waals surface area contributed by atoms with Gasteiger partial charge in [-0.05, 0) is 6.20 Å². The third kappa shape index (κ3) is 2.11. The van der Waals surface area contributed by atoms with Crippen LogP contribution >= 0.6 is 0 Å². The molecule has 0 aromatic carbocycles. The third-order valence-corrected chi connectivity index (χ3v) is 1.13. The second-order valence-corrected chi connectivity index (χ2v) is 1.89. The van der Waals surface area contributed by atoms with E-state index in [1.807, 2.05) is 24.3 Å². The van der Waals surface area contributed by atoms with Gasteiger partial charge in [-0.1, -0.05) is 6.58 Å². The summed E-state index contributed by atoms with van der Waals surface area (Å²) in [6.07, 6.45) is 5.81. The van der Waals surface area contributed by atoms with E-state index >= 15 is 0 Å². The van der Waals surface area contributed by atoms with Crippen molar-refractivity contribution >= 4 is 0 Å². The van der Waals surface area contributed by atoms with Crippen molar-refractivity contribution in [2.75, 3.05) is 13.7 Å². The molecule has 1 rings (SSSR count). The van der Waals surface area contributed by atoms with Crippen molar-refractivity contribution in [3.63, 3.8) is 0 Å². The van der Waals surface area contributed by atoms with Crippen LogP contribution in [0.3, 0.4) is 0 Å². The number of hydrogen-bond acceptors (Lipinski definition) is 2. The summed E-state index contributed by atoms with van der Waals surface area (Å²) in [5, 5.41) is 0. The minimum absolute atomic E-state index is 0. The zero-order valence-electron chi connectivity index (χ0n) is 5.37. The standard InChI is InChI=1S/C6H10N2.Co/c1-3-8-5-4-7(2)6-8;/h3-5H,1,6H2,2H3;. The van der Waals surface area contributed by atoms with E-state index in [-0.39, 0.29) is 16.8 Å². The molecule has 0 aromatic heterocycles. The summed E-state index contributed by atoms with van der Waals surface area (Å²) >= 11 is 0. The van der Waals surface area contributed by atoms with Crippen LogP contribution in [0, 0.1) is 0 Å². The Kier molecular flexibility index (Phi) is 3.42. The van der Waals surface area contributed by atoms with E-state index in [1.54, 1.807) is 6.20 Å². The van der Waals surface area contributed by atoms with E-state index in [0.29, 0.717) is 0 Å². The molecule has 2 nitrogen and oxygen atoms in total. The predicted molar refractivity (Wildman–Crippen MR) is 33.8 cm³/mol. The van der Waals surface area contributed by atoms with Gasteiger partial charge < -0.3 is 9.80 Å². The second-order valence-electron chi connectivity index (χ2n) is 1.89. The van der Waals surface area contributed by atoms with E-state index in [9.17, 15) is 0 Å². The van der Waals surface area contributed by atoms with Crippen molar-refractivity contribution in [2.24, 2.45) is 0 Å². The molecule has 3 heteroatoms. The molecule has 0 amide bonds. The summed E-state index contributed by atoms with van der Waals surface area (Å²) in [4.78, 5) is 4.10. The van der Waals surface area contributed by atoms with E-state index < -0.39 is 0 Å². The van der Waals surface area contributed by atoms with E-state index in [1.165, 1.54) is 0 Å². The fourth-order valence-electron chi connectivity index (χ4n) is 0.670. The first kappa shape index (κ1) is 8.59. The summed E-state index contributed by atoms with van der Waals surface area (Å²) < 4.78 is 0. The van der Waals surface area contributed by atoms with Crippen LogP contribution in [0.25, 0.3) is 0 Å². The van der Waals surface area contributed by atoms with Gasteiger partial charge >= 0.3 is 0 Å². The Morgan fingerprint density at radius 1 is 1.56 bits per heavy atom. The van der Waals surface area contributed by atoms with Gasteiger partial charge in [-0.25, -0.2) is 0 Å². The van der Waals surface area contributed by atoms with Crippen LogP contribution in [0.1, 0.15) is 0 Å². The van der Waals surface area contributed by atoms with Crippen molar-refractivity contribution in [1.29, 1.82) is 0 Å². The molecule has 0 saturated heterocycles. The van der Waals surface area contributed by atoms with Gasteiger partial charge in [0.25, 0.3) is 0 Å². The van der Waals surface area contributed by atoms with Crippen LogP contribution in [-0.4, -0.2) is 23.5 Å². The van der Waals surface area contributed by atoms with Crippen LogP contribution in [0.4, 0.5) is 0 Å². The molecule has 9 heavy (non-hydrogen) atoms. The molecule has 0 aliphatic carbocycles. The van der Waals surface area contributed by atoms with Crippen molar-refractivity contribution < 1.29 is 16.8 Å². The van der Waals surface area contributed by atoms with E-state index in [4.69, 9.17) is 0 Å². The summed E-state index contributed by atoms with van der Waals surface area (Å²) in [6, 6.07) is 0. The number of rotatable bonds is 1. The fourth-order valence-corrected chi connectivity index (χ4v) is 0.670. The number of hydrogen-bond donors (Lipinski definition) is 0. The average Bonchev–Trinajstić information content (AvgIpc) is 2.14. The topological polar surface area (TPSA) is 6.48 Å². The zero-order chi connectivity index (χ0) is 5.98. The Morgan fingerprint density at radius 3 is 2.44 bits per heavy atom. The number of nitrogens with zero attached hydrogens (tertiary/aromatic N) is 2. The van der Waals surface area contributed by atoms with Crippen molar-refractivity contribution in [3.05, 3.63) is 25.2 Å². The first-order valence-corrected chi connectivity index (χ1v) is 2.60. The largest absolute Gasteiger partial charge is 0.361 e. The summed E-state index contributed by atoms with van der Waals surface area (Å²) in [6.45, 7) is 4.56. The molecular weight excluding hydrogens is 159 g/mol. The minimum atomic E-state index is 0. The normalized spacial score (nSPS) is 15.7. The average molecular weight is 169 g/mol. The Balaban J connectivity index is 0.000000640. The SMILES string of the molecule is C=CN1C=CN(C)C1.[Co]. The van der Waals surface area contributed by atoms with Gasteiger partial charge in [0.1, 0.15) is 0 Å². The summed E-state index contributed by atoms with van der Waals surface area (Å²) in [5.41, 5.74) is 0. The third-order valence-electron chi connectivity index (χ3n) is 1.13. The molecule has 0 saturated carbocycles. The zero-order valence-corrected chi connectivity index (χ0v) is 6.42. The van der Waals surface area contributed by atoms with Gasteiger partial charge in [-0.3, -0.25) is 0 Å².